The van der Waals surface area contributed by atoms with Crippen LogP contribution in [0.2, 0.25) is 0 Å². The van der Waals surface area contributed by atoms with Crippen LogP contribution in [-0.4, -0.2) is 46.0 Å². The topological polar surface area (TPSA) is 70.6 Å². The molecule has 6 heteroatoms. The largest absolute Gasteiger partial charge is 0.356 e. The van der Waals surface area contributed by atoms with Gasteiger partial charge in [0.1, 0.15) is 9.84 Å². The predicted octanol–water partition coefficient (Wildman–Crippen LogP) is 1.80. The van der Waals surface area contributed by atoms with Crippen LogP contribution in [0.15, 0.2) is 4.99 Å². The van der Waals surface area contributed by atoms with Gasteiger partial charge in [-0.15, -0.1) is 0 Å². The minimum atomic E-state index is -2.90. The first-order valence-electron chi connectivity index (χ1n) is 7.95. The van der Waals surface area contributed by atoms with Crippen LogP contribution < -0.4 is 10.6 Å². The molecule has 1 rings (SSSR count). The molecule has 0 bridgehead atoms. The maximum absolute atomic E-state index is 11.2. The molecule has 2 N–H and O–H groups in total. The molecule has 0 aromatic heterocycles. The van der Waals surface area contributed by atoms with Crippen molar-refractivity contribution in [2.75, 3.05) is 25.6 Å². The van der Waals surface area contributed by atoms with E-state index in [0.29, 0.717) is 6.42 Å². The van der Waals surface area contributed by atoms with Gasteiger partial charge in [-0.25, -0.2) is 8.42 Å². The second-order valence-electron chi connectivity index (χ2n) is 6.54. The quantitative estimate of drug-likeness (QED) is 0.579. The Morgan fingerprint density at radius 3 is 2.43 bits per heavy atom. The van der Waals surface area contributed by atoms with Gasteiger partial charge >= 0.3 is 0 Å². The Kier molecular flexibility index (Phi) is 7.49. The van der Waals surface area contributed by atoms with Crippen molar-refractivity contribution < 1.29 is 8.42 Å². The Labute approximate surface area is 129 Å². The molecule has 1 unspecified atom stereocenters. The van der Waals surface area contributed by atoms with Crippen molar-refractivity contribution >= 4 is 15.8 Å². The van der Waals surface area contributed by atoms with E-state index in [-0.39, 0.29) is 11.8 Å². The maximum Gasteiger partial charge on any atom is 0.191 e. The fourth-order valence-corrected chi connectivity index (χ4v) is 3.45. The standard InChI is InChI=1S/C15H31N3O2S/c1-12-5-7-14(8-6-12)11-17-15(16-3)18-13(2)9-10-21(4,19)20/h12-14H,5-11H2,1-4H3,(H2,16,17,18). The van der Waals surface area contributed by atoms with Gasteiger partial charge in [0, 0.05) is 25.9 Å². The minimum Gasteiger partial charge on any atom is -0.356 e. The van der Waals surface area contributed by atoms with Crippen LogP contribution in [0.1, 0.15) is 46.0 Å². The average Bonchev–Trinajstić information content (AvgIpc) is 2.42. The fourth-order valence-electron chi connectivity index (χ4n) is 2.67. The summed E-state index contributed by atoms with van der Waals surface area (Å²) in [6.45, 7) is 5.26. The van der Waals surface area contributed by atoms with Crippen molar-refractivity contribution in [2.24, 2.45) is 16.8 Å². The van der Waals surface area contributed by atoms with E-state index in [0.717, 1.165) is 24.3 Å². The fraction of sp³-hybridized carbons (Fsp3) is 0.933. The van der Waals surface area contributed by atoms with Gasteiger partial charge in [0.2, 0.25) is 0 Å². The third kappa shape index (κ3) is 8.29. The molecule has 124 valence electrons. The van der Waals surface area contributed by atoms with E-state index in [1.54, 1.807) is 7.05 Å². The monoisotopic (exact) mass is 317 g/mol. The zero-order valence-electron chi connectivity index (χ0n) is 13.9. The normalized spacial score (nSPS) is 25.4. The number of nitrogens with one attached hydrogen (secondary N) is 2. The van der Waals surface area contributed by atoms with Crippen molar-refractivity contribution in [3.63, 3.8) is 0 Å². The van der Waals surface area contributed by atoms with Crippen LogP contribution in [0.4, 0.5) is 0 Å². The molecule has 1 saturated carbocycles. The summed E-state index contributed by atoms with van der Waals surface area (Å²) < 4.78 is 22.4. The SMILES string of the molecule is CN=C(NCC1CCC(C)CC1)NC(C)CCS(C)(=O)=O. The molecule has 0 amide bonds. The van der Waals surface area contributed by atoms with Gasteiger partial charge in [-0.2, -0.15) is 0 Å². The number of guanidine groups is 1. The second-order valence-corrected chi connectivity index (χ2v) is 8.80. The summed E-state index contributed by atoms with van der Waals surface area (Å²) in [5.74, 6) is 2.58. The highest BCUT2D eigenvalue weighted by molar-refractivity contribution is 7.90. The Hall–Kier alpha value is -0.780. The van der Waals surface area contributed by atoms with Crippen molar-refractivity contribution in [1.29, 1.82) is 0 Å². The number of nitrogens with zero attached hydrogens (tertiary/aromatic N) is 1. The lowest BCUT2D eigenvalue weighted by atomic mass is 9.83. The van der Waals surface area contributed by atoms with Gasteiger partial charge in [0.25, 0.3) is 0 Å². The summed E-state index contributed by atoms with van der Waals surface area (Å²) in [5.41, 5.74) is 0. The third-order valence-corrected chi connectivity index (χ3v) is 5.20. The molecule has 0 aromatic rings. The molecule has 0 aromatic carbocycles. The van der Waals surface area contributed by atoms with Crippen molar-refractivity contribution in [1.82, 2.24) is 10.6 Å². The number of sulfone groups is 1. The van der Waals surface area contributed by atoms with Gasteiger partial charge in [0.05, 0.1) is 5.75 Å². The highest BCUT2D eigenvalue weighted by Gasteiger charge is 2.18. The summed E-state index contributed by atoms with van der Waals surface area (Å²) >= 11 is 0. The van der Waals surface area contributed by atoms with E-state index >= 15 is 0 Å². The number of hydrogen-bond donors (Lipinski definition) is 2. The molecule has 5 nitrogen and oxygen atoms in total. The maximum atomic E-state index is 11.2. The lowest BCUT2D eigenvalue weighted by molar-refractivity contribution is 0.289. The van der Waals surface area contributed by atoms with E-state index in [1.807, 2.05) is 6.92 Å². The number of aliphatic imine (C=N–C) groups is 1. The van der Waals surface area contributed by atoms with Crippen LogP contribution in [0, 0.1) is 11.8 Å². The van der Waals surface area contributed by atoms with Gasteiger partial charge in [-0.1, -0.05) is 19.8 Å². The molecule has 1 aliphatic rings. The third-order valence-electron chi connectivity index (χ3n) is 4.22. The number of hydrogen-bond acceptors (Lipinski definition) is 3. The highest BCUT2D eigenvalue weighted by Crippen LogP contribution is 2.27. The Morgan fingerprint density at radius 1 is 1.29 bits per heavy atom. The Balaban J connectivity index is 2.28. The van der Waals surface area contributed by atoms with Crippen LogP contribution in [0.5, 0.6) is 0 Å². The molecular formula is C15H31N3O2S. The van der Waals surface area contributed by atoms with E-state index in [1.165, 1.54) is 31.9 Å². The Morgan fingerprint density at radius 2 is 1.90 bits per heavy atom. The summed E-state index contributed by atoms with van der Waals surface area (Å²) in [6.07, 6.45) is 7.09. The zero-order valence-corrected chi connectivity index (χ0v) is 14.7. The van der Waals surface area contributed by atoms with Gasteiger partial charge < -0.3 is 10.6 Å². The predicted molar refractivity (Wildman–Crippen MR) is 89.4 cm³/mol. The van der Waals surface area contributed by atoms with Crippen LogP contribution >= 0.6 is 0 Å². The lowest BCUT2D eigenvalue weighted by Gasteiger charge is -2.27. The van der Waals surface area contributed by atoms with Crippen LogP contribution in [0.3, 0.4) is 0 Å². The molecule has 0 radical (unpaired) electrons. The Bertz CT molecular complexity index is 426. The highest BCUT2D eigenvalue weighted by atomic mass is 32.2. The lowest BCUT2D eigenvalue weighted by Crippen LogP contribution is -2.44. The first kappa shape index (κ1) is 18.3. The van der Waals surface area contributed by atoms with Gasteiger partial charge in [-0.05, 0) is 38.0 Å². The van der Waals surface area contributed by atoms with E-state index in [9.17, 15) is 8.42 Å². The smallest absolute Gasteiger partial charge is 0.191 e. The number of rotatable bonds is 6. The molecule has 0 heterocycles. The summed E-state index contributed by atoms with van der Waals surface area (Å²) in [5, 5.41) is 6.63. The molecule has 1 aliphatic carbocycles. The van der Waals surface area contributed by atoms with E-state index in [2.05, 4.69) is 22.5 Å². The molecule has 0 spiro atoms. The van der Waals surface area contributed by atoms with E-state index < -0.39 is 9.84 Å². The van der Waals surface area contributed by atoms with Crippen molar-refractivity contribution in [3.05, 3.63) is 0 Å². The molecule has 21 heavy (non-hydrogen) atoms. The summed E-state index contributed by atoms with van der Waals surface area (Å²) in [6, 6.07) is 0.0947. The second kappa shape index (κ2) is 8.61. The summed E-state index contributed by atoms with van der Waals surface area (Å²) in [7, 11) is -1.15. The first-order valence-corrected chi connectivity index (χ1v) is 10.0. The summed E-state index contributed by atoms with van der Waals surface area (Å²) in [4.78, 5) is 4.22. The van der Waals surface area contributed by atoms with Crippen molar-refractivity contribution in [2.45, 2.75) is 52.0 Å². The van der Waals surface area contributed by atoms with E-state index in [4.69, 9.17) is 0 Å². The van der Waals surface area contributed by atoms with Gasteiger partial charge in [-0.3, -0.25) is 4.99 Å². The van der Waals surface area contributed by atoms with Gasteiger partial charge in [0.15, 0.2) is 5.96 Å². The molecule has 0 aliphatic heterocycles. The van der Waals surface area contributed by atoms with Crippen molar-refractivity contribution in [3.8, 4) is 0 Å². The first-order chi connectivity index (χ1) is 9.80. The zero-order chi connectivity index (χ0) is 15.9. The van der Waals surface area contributed by atoms with Crippen LogP contribution in [0.25, 0.3) is 0 Å². The average molecular weight is 317 g/mol. The molecule has 0 saturated heterocycles. The molecule has 1 atom stereocenters. The van der Waals surface area contributed by atoms with Crippen LogP contribution in [-0.2, 0) is 9.84 Å². The molecule has 1 fully saturated rings. The minimum absolute atomic E-state index is 0.0947. The molecular weight excluding hydrogens is 286 g/mol.